The number of ether oxygens (including phenoxy) is 1. The quantitative estimate of drug-likeness (QED) is 0.540. The maximum Gasteiger partial charge on any atom is 0.276 e. The molecule has 1 aliphatic heterocycles. The van der Waals surface area contributed by atoms with Gasteiger partial charge >= 0.3 is 0 Å². The molecule has 4 rings (SSSR count). The highest BCUT2D eigenvalue weighted by atomic mass is 32.3. The first-order chi connectivity index (χ1) is 15.1. The lowest BCUT2D eigenvalue weighted by atomic mass is 9.87. The zero-order chi connectivity index (χ0) is 23.3. The van der Waals surface area contributed by atoms with E-state index in [-0.39, 0.29) is 23.1 Å². The number of aromatic nitrogens is 2. The number of amides is 1. The maximum absolute atomic E-state index is 15.0. The number of guanidine groups is 1. The van der Waals surface area contributed by atoms with Crippen molar-refractivity contribution in [2.75, 3.05) is 19.5 Å². The molecule has 0 unspecified atom stereocenters. The van der Waals surface area contributed by atoms with Crippen molar-refractivity contribution >= 4 is 28.3 Å². The van der Waals surface area contributed by atoms with Gasteiger partial charge in [0.2, 0.25) is 11.8 Å². The van der Waals surface area contributed by atoms with Gasteiger partial charge in [0, 0.05) is 18.3 Å². The molecule has 0 spiro atoms. The number of aliphatic imine (C=N–C) groups is 1. The van der Waals surface area contributed by atoms with Crippen LogP contribution >= 0.6 is 10.8 Å². The highest BCUT2D eigenvalue weighted by molar-refractivity contribution is 8.23. The number of carbonyl (C=O) groups is 1. The minimum absolute atomic E-state index is 0.0684. The second-order valence-electron chi connectivity index (χ2n) is 7.83. The Hall–Kier alpha value is -2.96. The van der Waals surface area contributed by atoms with E-state index in [2.05, 4.69) is 20.3 Å². The number of anilines is 1. The van der Waals surface area contributed by atoms with Crippen molar-refractivity contribution in [2.24, 2.45) is 10.7 Å². The number of hydrogen-bond acceptors (Lipinski definition) is 9. The third kappa shape index (κ3) is 3.44. The van der Waals surface area contributed by atoms with Crippen molar-refractivity contribution in [1.82, 2.24) is 14.3 Å². The third-order valence-electron chi connectivity index (χ3n) is 6.02. The van der Waals surface area contributed by atoms with E-state index in [1.165, 1.54) is 38.6 Å². The lowest BCUT2D eigenvalue weighted by molar-refractivity contribution is 0.102. The zero-order valence-electron chi connectivity index (χ0n) is 17.9. The molecule has 0 saturated heterocycles. The minimum Gasteiger partial charge on any atom is -0.480 e. The first-order valence-corrected chi connectivity index (χ1v) is 11.5. The molecule has 12 heteroatoms. The molecule has 1 amide bonds. The van der Waals surface area contributed by atoms with Crippen molar-refractivity contribution in [2.45, 2.75) is 37.0 Å². The second kappa shape index (κ2) is 7.87. The molecule has 1 fully saturated rings. The summed E-state index contributed by atoms with van der Waals surface area (Å²) >= 11 is 0. The predicted molar refractivity (Wildman–Crippen MR) is 119 cm³/mol. The number of nitrogens with two attached hydrogens (primary N) is 1. The number of rotatable bonds is 4. The summed E-state index contributed by atoms with van der Waals surface area (Å²) in [5, 5.41) is 1.98. The fourth-order valence-corrected chi connectivity index (χ4v) is 6.38. The summed E-state index contributed by atoms with van der Waals surface area (Å²) in [7, 11) is -0.399. The van der Waals surface area contributed by atoms with Crippen LogP contribution in [0.5, 0.6) is 5.88 Å². The molecule has 1 aliphatic carbocycles. The smallest absolute Gasteiger partial charge is 0.276 e. The van der Waals surface area contributed by atoms with E-state index in [1.807, 2.05) is 0 Å². The predicted octanol–water partition coefficient (Wildman–Crippen LogP) is 2.86. The molecule has 2 aromatic rings. The van der Waals surface area contributed by atoms with E-state index >= 15 is 4.39 Å². The molecule has 2 atom stereocenters. The van der Waals surface area contributed by atoms with E-state index in [0.29, 0.717) is 30.6 Å². The summed E-state index contributed by atoms with van der Waals surface area (Å²) in [4.78, 5) is 25.5. The molecule has 172 valence electrons. The highest BCUT2D eigenvalue weighted by Crippen LogP contribution is 2.63. The molecule has 0 radical (unpaired) electrons. The number of fused-ring (bicyclic) bond motifs is 1. The van der Waals surface area contributed by atoms with Crippen LogP contribution in [0.1, 0.15) is 41.0 Å². The SMILES string of the molecule is COc1cnc(C(=O)Nc2ccc(F)c([C@]34CCC[C@H]3S(O)(O)N(C)C(N)=N4)c2)c(C)n1. The normalized spacial score (nSPS) is 25.0. The number of nitrogens with zero attached hydrogens (tertiary/aromatic N) is 4. The summed E-state index contributed by atoms with van der Waals surface area (Å²) in [6.07, 6.45) is 2.82. The standard InChI is InChI=1S/C20H25FN6O4S/c1-11-17(23-10-16(24-11)31-3)18(28)25-12-6-7-14(21)13(9-12)20-8-4-5-15(20)32(29,30)27(2)19(22)26-20/h6-7,9-10,15,29-30H,4-5,8H2,1-3H3,(H2,22,26)(H,25,28)/t15-,20-/m1/s1. The number of nitrogens with one attached hydrogen (secondary N) is 1. The van der Waals surface area contributed by atoms with Gasteiger partial charge in [-0.3, -0.25) is 13.9 Å². The minimum atomic E-state index is -3.31. The van der Waals surface area contributed by atoms with Gasteiger partial charge in [-0.05, 0) is 44.4 Å². The van der Waals surface area contributed by atoms with Crippen LogP contribution in [0.2, 0.25) is 0 Å². The summed E-state index contributed by atoms with van der Waals surface area (Å²) in [5.74, 6) is -0.870. The zero-order valence-corrected chi connectivity index (χ0v) is 18.7. The van der Waals surface area contributed by atoms with E-state index in [9.17, 15) is 13.9 Å². The molecule has 2 aliphatic rings. The molecular formula is C20H25FN6O4S. The van der Waals surface area contributed by atoms with Crippen molar-refractivity contribution in [1.29, 1.82) is 0 Å². The molecule has 5 N–H and O–H groups in total. The highest BCUT2D eigenvalue weighted by Gasteiger charge is 2.56. The summed E-state index contributed by atoms with van der Waals surface area (Å²) in [6.45, 7) is 1.63. The third-order valence-corrected chi connectivity index (χ3v) is 8.40. The topological polar surface area (TPSA) is 146 Å². The Morgan fingerprint density at radius 1 is 1.44 bits per heavy atom. The average Bonchev–Trinajstić information content (AvgIpc) is 3.19. The Labute approximate surface area is 186 Å². The van der Waals surface area contributed by atoms with Crippen LogP contribution in [0.15, 0.2) is 29.4 Å². The van der Waals surface area contributed by atoms with Gasteiger partial charge in [0.05, 0.1) is 24.3 Å². The van der Waals surface area contributed by atoms with Crippen molar-refractivity contribution in [3.05, 3.63) is 47.2 Å². The van der Waals surface area contributed by atoms with Crippen molar-refractivity contribution in [3.63, 3.8) is 0 Å². The van der Waals surface area contributed by atoms with Crippen LogP contribution in [0, 0.1) is 12.7 Å². The number of methoxy groups -OCH3 is 1. The van der Waals surface area contributed by atoms with Gasteiger partial charge in [0.15, 0.2) is 0 Å². The Kier molecular flexibility index (Phi) is 5.47. The fraction of sp³-hybridized carbons (Fsp3) is 0.400. The Morgan fingerprint density at radius 2 is 2.19 bits per heavy atom. The molecule has 1 aromatic carbocycles. The van der Waals surface area contributed by atoms with E-state index < -0.39 is 33.3 Å². The van der Waals surface area contributed by atoms with Crippen LogP contribution in [-0.2, 0) is 5.54 Å². The lowest BCUT2D eigenvalue weighted by Gasteiger charge is -2.54. The Balaban J connectivity index is 1.71. The van der Waals surface area contributed by atoms with Crippen LogP contribution in [0.4, 0.5) is 10.1 Å². The molecular weight excluding hydrogens is 439 g/mol. The second-order valence-corrected chi connectivity index (χ2v) is 10.1. The maximum atomic E-state index is 15.0. The number of benzene rings is 1. The largest absolute Gasteiger partial charge is 0.480 e. The van der Waals surface area contributed by atoms with Crippen molar-refractivity contribution < 1.29 is 23.0 Å². The first-order valence-electron chi connectivity index (χ1n) is 9.95. The van der Waals surface area contributed by atoms with Gasteiger partial charge in [-0.25, -0.2) is 23.7 Å². The van der Waals surface area contributed by atoms with E-state index in [1.54, 1.807) is 6.92 Å². The number of carbonyl (C=O) groups excluding carboxylic acids is 1. The summed E-state index contributed by atoms with van der Waals surface area (Å²) in [6, 6.07) is 4.11. The van der Waals surface area contributed by atoms with Gasteiger partial charge in [0.25, 0.3) is 5.91 Å². The van der Waals surface area contributed by atoms with Gasteiger partial charge in [0.1, 0.15) is 17.1 Å². The molecule has 0 bridgehead atoms. The van der Waals surface area contributed by atoms with Crippen LogP contribution in [0.3, 0.4) is 0 Å². The monoisotopic (exact) mass is 464 g/mol. The number of aryl methyl sites for hydroxylation is 1. The Morgan fingerprint density at radius 3 is 2.88 bits per heavy atom. The molecule has 1 saturated carbocycles. The van der Waals surface area contributed by atoms with Crippen LogP contribution < -0.4 is 15.8 Å². The van der Waals surface area contributed by atoms with Crippen molar-refractivity contribution in [3.8, 4) is 5.88 Å². The van der Waals surface area contributed by atoms with Gasteiger partial charge < -0.3 is 15.8 Å². The molecule has 32 heavy (non-hydrogen) atoms. The summed E-state index contributed by atoms with van der Waals surface area (Å²) < 4.78 is 42.9. The fourth-order valence-electron chi connectivity index (χ4n) is 4.38. The number of halogens is 1. The summed E-state index contributed by atoms with van der Waals surface area (Å²) in [5.41, 5.74) is 5.70. The van der Waals surface area contributed by atoms with Gasteiger partial charge in [-0.1, -0.05) is 0 Å². The Bertz CT molecular complexity index is 1110. The first kappa shape index (κ1) is 22.2. The van der Waals surface area contributed by atoms with Gasteiger partial charge in [-0.15, -0.1) is 10.8 Å². The number of hydrogen-bond donors (Lipinski definition) is 4. The van der Waals surface area contributed by atoms with Crippen LogP contribution in [-0.4, -0.2) is 54.7 Å². The average molecular weight is 465 g/mol. The van der Waals surface area contributed by atoms with Crippen LogP contribution in [0.25, 0.3) is 0 Å². The lowest BCUT2D eigenvalue weighted by Crippen LogP contribution is -2.52. The molecule has 2 heterocycles. The van der Waals surface area contributed by atoms with Gasteiger partial charge in [-0.2, -0.15) is 0 Å². The molecule has 10 nitrogen and oxygen atoms in total. The van der Waals surface area contributed by atoms with E-state index in [0.717, 1.165) is 4.31 Å². The van der Waals surface area contributed by atoms with E-state index in [4.69, 9.17) is 10.5 Å². The molecule has 1 aromatic heterocycles.